The number of nitrogens with one attached hydrogen (secondary N) is 1. The lowest BCUT2D eigenvalue weighted by molar-refractivity contribution is 0.0823. The molecule has 0 spiro atoms. The van der Waals surface area contributed by atoms with Gasteiger partial charge in [-0.25, -0.2) is 13.8 Å². The van der Waals surface area contributed by atoms with Gasteiger partial charge in [-0.1, -0.05) is 19.8 Å². The molecule has 1 aliphatic carbocycles. The van der Waals surface area contributed by atoms with Gasteiger partial charge in [-0.15, -0.1) is 0 Å². The highest BCUT2D eigenvalue weighted by molar-refractivity contribution is 6.01. The van der Waals surface area contributed by atoms with Gasteiger partial charge in [-0.05, 0) is 36.8 Å². The van der Waals surface area contributed by atoms with Crippen LogP contribution in [0.4, 0.5) is 8.78 Å². The van der Waals surface area contributed by atoms with Crippen molar-refractivity contribution >= 4 is 16.9 Å². The van der Waals surface area contributed by atoms with Crippen molar-refractivity contribution in [2.45, 2.75) is 38.6 Å². The molecule has 8 heteroatoms. The molecule has 31 heavy (non-hydrogen) atoms. The van der Waals surface area contributed by atoms with E-state index in [9.17, 15) is 9.18 Å². The molecule has 1 aliphatic rings. The van der Waals surface area contributed by atoms with Gasteiger partial charge in [0.25, 0.3) is 5.91 Å². The summed E-state index contributed by atoms with van der Waals surface area (Å²) in [5.41, 5.74) is 7.05. The summed E-state index contributed by atoms with van der Waals surface area (Å²) in [4.78, 5) is 25.2. The first kappa shape index (κ1) is 21.4. The van der Waals surface area contributed by atoms with E-state index in [1.165, 1.54) is 31.3 Å². The lowest BCUT2D eigenvalue weighted by Gasteiger charge is -2.29. The number of pyridine rings is 1. The molecule has 3 N–H and O–H groups in total. The minimum atomic E-state index is -0.799. The summed E-state index contributed by atoms with van der Waals surface area (Å²) in [6, 6.07) is 2.88. The standard InChI is InChI=1S/C23H27F2N5O/c1-12-4-6-13(7-5-12)20(26)22-28-17-9-8-14(19(25)21(17)29-22)15-10-27-11-16(24)18(15)23(31)30(2)3/h8-13,20H,4-7,26H2,1-3H3,(H,28,29)/t12?,13?,20-/m0/s1. The van der Waals surface area contributed by atoms with Gasteiger partial charge in [-0.3, -0.25) is 9.78 Å². The van der Waals surface area contributed by atoms with Gasteiger partial charge >= 0.3 is 0 Å². The Morgan fingerprint density at radius 3 is 2.55 bits per heavy atom. The Morgan fingerprint density at radius 1 is 1.16 bits per heavy atom. The number of rotatable bonds is 4. The number of imidazole rings is 1. The van der Waals surface area contributed by atoms with Crippen molar-refractivity contribution < 1.29 is 13.6 Å². The third-order valence-corrected chi connectivity index (χ3v) is 6.31. The van der Waals surface area contributed by atoms with Crippen molar-refractivity contribution in [3.63, 3.8) is 0 Å². The molecule has 164 valence electrons. The third-order valence-electron chi connectivity index (χ3n) is 6.31. The molecule has 3 aromatic rings. The van der Waals surface area contributed by atoms with E-state index in [2.05, 4.69) is 21.9 Å². The second-order valence-electron chi connectivity index (χ2n) is 8.73. The number of hydrogen-bond acceptors (Lipinski definition) is 4. The Hall–Kier alpha value is -2.87. The van der Waals surface area contributed by atoms with Crippen LogP contribution in [0.2, 0.25) is 0 Å². The van der Waals surface area contributed by atoms with E-state index in [0.717, 1.165) is 31.9 Å². The van der Waals surface area contributed by atoms with Crippen LogP contribution in [0.3, 0.4) is 0 Å². The van der Waals surface area contributed by atoms with E-state index in [1.54, 1.807) is 6.07 Å². The highest BCUT2D eigenvalue weighted by Crippen LogP contribution is 2.36. The zero-order valence-corrected chi connectivity index (χ0v) is 18.0. The maximum absolute atomic E-state index is 15.5. The summed E-state index contributed by atoms with van der Waals surface area (Å²) in [5.74, 6) is -0.441. The second kappa shape index (κ2) is 8.34. The zero-order chi connectivity index (χ0) is 22.3. The average Bonchev–Trinajstić information content (AvgIpc) is 3.19. The average molecular weight is 427 g/mol. The van der Waals surface area contributed by atoms with Crippen LogP contribution in [0.1, 0.15) is 54.8 Å². The van der Waals surface area contributed by atoms with Crippen LogP contribution in [-0.2, 0) is 0 Å². The van der Waals surface area contributed by atoms with E-state index in [0.29, 0.717) is 23.2 Å². The normalized spacial score (nSPS) is 20.1. The minimum Gasteiger partial charge on any atom is -0.345 e. The number of fused-ring (bicyclic) bond motifs is 1. The summed E-state index contributed by atoms with van der Waals surface area (Å²) in [5, 5.41) is 0. The quantitative estimate of drug-likeness (QED) is 0.645. The van der Waals surface area contributed by atoms with Crippen LogP contribution >= 0.6 is 0 Å². The van der Waals surface area contributed by atoms with Gasteiger partial charge in [0, 0.05) is 31.4 Å². The third kappa shape index (κ3) is 3.92. The Kier molecular flexibility index (Phi) is 5.75. The van der Waals surface area contributed by atoms with Crippen molar-refractivity contribution in [2.75, 3.05) is 14.1 Å². The van der Waals surface area contributed by atoms with Crippen LogP contribution in [-0.4, -0.2) is 39.9 Å². The van der Waals surface area contributed by atoms with Crippen LogP contribution in [0.15, 0.2) is 24.5 Å². The number of halogens is 2. The number of nitrogens with zero attached hydrogens (tertiary/aromatic N) is 3. The number of benzene rings is 1. The van der Waals surface area contributed by atoms with E-state index < -0.39 is 17.5 Å². The zero-order valence-electron chi connectivity index (χ0n) is 18.0. The Balaban J connectivity index is 1.75. The number of hydrogen-bond donors (Lipinski definition) is 2. The Labute approximate surface area is 179 Å². The van der Waals surface area contributed by atoms with Gasteiger partial charge in [0.2, 0.25) is 0 Å². The number of H-pyrrole nitrogens is 1. The fourth-order valence-corrected chi connectivity index (χ4v) is 4.38. The minimum absolute atomic E-state index is 0.0720. The van der Waals surface area contributed by atoms with Crippen molar-refractivity contribution in [1.29, 1.82) is 0 Å². The van der Waals surface area contributed by atoms with E-state index >= 15 is 4.39 Å². The van der Waals surface area contributed by atoms with Gasteiger partial charge < -0.3 is 15.6 Å². The number of nitrogens with two attached hydrogens (primary N) is 1. The second-order valence-corrected chi connectivity index (χ2v) is 8.73. The summed E-state index contributed by atoms with van der Waals surface area (Å²) >= 11 is 0. The maximum Gasteiger partial charge on any atom is 0.257 e. The monoisotopic (exact) mass is 427 g/mol. The topological polar surface area (TPSA) is 87.9 Å². The molecule has 1 amide bonds. The first-order valence-corrected chi connectivity index (χ1v) is 10.6. The highest BCUT2D eigenvalue weighted by atomic mass is 19.1. The molecular formula is C23H27F2N5O. The molecule has 0 unspecified atom stereocenters. The number of carbonyl (C=O) groups excluding carboxylic acids is 1. The van der Waals surface area contributed by atoms with Gasteiger partial charge in [0.15, 0.2) is 11.6 Å². The molecule has 0 aliphatic heterocycles. The van der Waals surface area contributed by atoms with Crippen molar-refractivity contribution in [2.24, 2.45) is 17.6 Å². The smallest absolute Gasteiger partial charge is 0.257 e. The number of carbonyl (C=O) groups is 1. The molecule has 1 aromatic carbocycles. The van der Waals surface area contributed by atoms with Crippen molar-refractivity contribution in [1.82, 2.24) is 19.9 Å². The predicted octanol–water partition coefficient (Wildman–Crippen LogP) is 4.43. The van der Waals surface area contributed by atoms with E-state index in [4.69, 9.17) is 5.73 Å². The molecule has 1 fully saturated rings. The van der Waals surface area contributed by atoms with Crippen LogP contribution in [0.25, 0.3) is 22.2 Å². The van der Waals surface area contributed by atoms with Crippen LogP contribution in [0, 0.1) is 23.5 Å². The highest BCUT2D eigenvalue weighted by Gasteiger charge is 2.28. The maximum atomic E-state index is 15.5. The Bertz CT molecular complexity index is 1120. The van der Waals surface area contributed by atoms with E-state index in [-0.39, 0.29) is 28.2 Å². The van der Waals surface area contributed by atoms with Gasteiger partial charge in [0.1, 0.15) is 11.3 Å². The molecule has 2 aromatic heterocycles. The number of amides is 1. The number of aromatic nitrogens is 3. The first-order chi connectivity index (χ1) is 14.8. The molecule has 4 rings (SSSR count). The SMILES string of the molecule is CC1CCC([C@H](N)c2nc3c(F)c(-c4cncc(F)c4C(=O)N(C)C)ccc3[nH]2)CC1. The van der Waals surface area contributed by atoms with Gasteiger partial charge in [0.05, 0.1) is 23.3 Å². The lowest BCUT2D eigenvalue weighted by Crippen LogP contribution is -2.26. The largest absolute Gasteiger partial charge is 0.345 e. The lowest BCUT2D eigenvalue weighted by atomic mass is 9.79. The molecule has 2 heterocycles. The summed E-state index contributed by atoms with van der Waals surface area (Å²) in [7, 11) is 3.03. The Morgan fingerprint density at radius 2 is 1.87 bits per heavy atom. The molecule has 0 bridgehead atoms. The fraction of sp³-hybridized carbons (Fsp3) is 0.435. The molecular weight excluding hydrogens is 400 g/mol. The molecule has 0 saturated heterocycles. The summed E-state index contributed by atoms with van der Waals surface area (Å²) < 4.78 is 30.0. The summed E-state index contributed by atoms with van der Waals surface area (Å²) in [6.45, 7) is 2.25. The van der Waals surface area contributed by atoms with Gasteiger partial charge in [-0.2, -0.15) is 0 Å². The predicted molar refractivity (Wildman–Crippen MR) is 115 cm³/mol. The molecule has 1 saturated carbocycles. The van der Waals surface area contributed by atoms with Crippen LogP contribution in [0.5, 0.6) is 0 Å². The molecule has 1 atom stereocenters. The van der Waals surface area contributed by atoms with Crippen LogP contribution < -0.4 is 5.73 Å². The van der Waals surface area contributed by atoms with E-state index in [1.807, 2.05) is 0 Å². The summed E-state index contributed by atoms with van der Waals surface area (Å²) in [6.07, 6.45) is 6.56. The molecule has 6 nitrogen and oxygen atoms in total. The van der Waals surface area contributed by atoms with Crippen molar-refractivity contribution in [3.05, 3.63) is 47.5 Å². The first-order valence-electron chi connectivity index (χ1n) is 10.6. The number of aromatic amines is 1. The fourth-order valence-electron chi connectivity index (χ4n) is 4.38. The molecule has 0 radical (unpaired) electrons. The van der Waals surface area contributed by atoms with Crippen molar-refractivity contribution in [3.8, 4) is 11.1 Å².